The monoisotopic (exact) mass is 181 g/mol. The molecule has 0 aromatic heterocycles. The van der Waals surface area contributed by atoms with Crippen LogP contribution in [-0.2, 0) is 0 Å². The SMILES string of the molecule is CCC(=N)N1CCN(C2CC2)CC1. The average Bonchev–Trinajstić information content (AvgIpc) is 3.00. The Morgan fingerprint density at radius 1 is 1.23 bits per heavy atom. The van der Waals surface area contributed by atoms with Crippen LogP contribution < -0.4 is 0 Å². The van der Waals surface area contributed by atoms with Crippen molar-refractivity contribution in [3.05, 3.63) is 0 Å². The molecule has 1 saturated carbocycles. The topological polar surface area (TPSA) is 30.3 Å². The third-order valence-corrected chi connectivity index (χ3v) is 3.09. The van der Waals surface area contributed by atoms with E-state index in [0.29, 0.717) is 0 Å². The summed E-state index contributed by atoms with van der Waals surface area (Å²) in [6, 6.07) is 0.901. The van der Waals surface area contributed by atoms with E-state index in [-0.39, 0.29) is 0 Å². The molecule has 2 rings (SSSR count). The minimum atomic E-state index is 0.815. The number of hydrogen-bond acceptors (Lipinski definition) is 2. The normalized spacial score (nSPS) is 24.8. The maximum Gasteiger partial charge on any atom is 0.0955 e. The molecule has 0 atom stereocenters. The van der Waals surface area contributed by atoms with E-state index < -0.39 is 0 Å². The van der Waals surface area contributed by atoms with Gasteiger partial charge in [-0.05, 0) is 12.8 Å². The molecule has 3 nitrogen and oxygen atoms in total. The lowest BCUT2D eigenvalue weighted by molar-refractivity contribution is 0.172. The first kappa shape index (κ1) is 9.00. The van der Waals surface area contributed by atoms with Gasteiger partial charge in [-0.15, -0.1) is 0 Å². The molecule has 0 amide bonds. The number of nitrogens with one attached hydrogen (secondary N) is 1. The highest BCUT2D eigenvalue weighted by atomic mass is 15.3. The number of amidine groups is 1. The average molecular weight is 181 g/mol. The number of nitrogens with zero attached hydrogens (tertiary/aromatic N) is 2. The second-order valence-corrected chi connectivity index (χ2v) is 4.05. The standard InChI is InChI=1S/C10H19N3/c1-2-10(11)13-7-5-12(6-8-13)9-3-4-9/h9,11H,2-8H2,1H3. The van der Waals surface area contributed by atoms with E-state index in [1.54, 1.807) is 0 Å². The molecule has 3 heteroatoms. The molecule has 74 valence electrons. The first-order chi connectivity index (χ1) is 6.31. The van der Waals surface area contributed by atoms with Gasteiger partial charge in [-0.1, -0.05) is 6.92 Å². The van der Waals surface area contributed by atoms with Crippen molar-refractivity contribution in [1.29, 1.82) is 5.41 Å². The summed E-state index contributed by atoms with van der Waals surface area (Å²) in [7, 11) is 0. The third kappa shape index (κ3) is 2.02. The molecule has 0 aromatic rings. The predicted octanol–water partition coefficient (Wildman–Crippen LogP) is 1.15. The fourth-order valence-electron chi connectivity index (χ4n) is 2.02. The van der Waals surface area contributed by atoms with Crippen LogP contribution in [-0.4, -0.2) is 47.9 Å². The van der Waals surface area contributed by atoms with E-state index in [1.165, 1.54) is 25.9 Å². The van der Waals surface area contributed by atoms with Gasteiger partial charge in [0.2, 0.25) is 0 Å². The highest BCUT2D eigenvalue weighted by molar-refractivity contribution is 5.78. The Balaban J connectivity index is 1.78. The quantitative estimate of drug-likeness (QED) is 0.512. The third-order valence-electron chi connectivity index (χ3n) is 3.09. The van der Waals surface area contributed by atoms with Crippen LogP contribution >= 0.6 is 0 Å². The second-order valence-electron chi connectivity index (χ2n) is 4.05. The molecule has 0 spiro atoms. The van der Waals surface area contributed by atoms with E-state index >= 15 is 0 Å². The number of hydrogen-bond donors (Lipinski definition) is 1. The van der Waals surface area contributed by atoms with E-state index in [4.69, 9.17) is 5.41 Å². The molecule has 1 saturated heterocycles. The Morgan fingerprint density at radius 2 is 1.85 bits per heavy atom. The first-order valence-corrected chi connectivity index (χ1v) is 5.37. The van der Waals surface area contributed by atoms with Crippen molar-refractivity contribution >= 4 is 5.84 Å². The maximum atomic E-state index is 7.73. The van der Waals surface area contributed by atoms with Crippen molar-refractivity contribution in [3.63, 3.8) is 0 Å². The molecule has 0 bridgehead atoms. The Labute approximate surface area is 80.2 Å². The van der Waals surface area contributed by atoms with Crippen LogP contribution in [0.5, 0.6) is 0 Å². The zero-order chi connectivity index (χ0) is 9.26. The van der Waals surface area contributed by atoms with Gasteiger partial charge in [0, 0.05) is 38.6 Å². The molecule has 2 fully saturated rings. The Kier molecular flexibility index (Phi) is 2.54. The van der Waals surface area contributed by atoms with E-state index in [2.05, 4.69) is 16.7 Å². The van der Waals surface area contributed by atoms with Gasteiger partial charge in [0.25, 0.3) is 0 Å². The summed E-state index contributed by atoms with van der Waals surface area (Å²) in [6.07, 6.45) is 3.69. The van der Waals surface area contributed by atoms with Crippen LogP contribution in [0.4, 0.5) is 0 Å². The summed E-state index contributed by atoms with van der Waals surface area (Å²) in [5.74, 6) is 0.815. The second kappa shape index (κ2) is 3.66. The van der Waals surface area contributed by atoms with Gasteiger partial charge in [0.05, 0.1) is 5.84 Å². The first-order valence-electron chi connectivity index (χ1n) is 5.37. The Morgan fingerprint density at radius 3 is 2.31 bits per heavy atom. The summed E-state index contributed by atoms with van der Waals surface area (Å²) in [5.41, 5.74) is 0. The zero-order valence-corrected chi connectivity index (χ0v) is 8.42. The van der Waals surface area contributed by atoms with Gasteiger partial charge in [-0.3, -0.25) is 10.3 Å². The highest BCUT2D eigenvalue weighted by Crippen LogP contribution is 2.27. The molecule has 1 aliphatic carbocycles. The van der Waals surface area contributed by atoms with Crippen molar-refractivity contribution in [2.45, 2.75) is 32.2 Å². The van der Waals surface area contributed by atoms with Gasteiger partial charge in [-0.25, -0.2) is 0 Å². The molecule has 1 aliphatic heterocycles. The number of piperazine rings is 1. The smallest absolute Gasteiger partial charge is 0.0955 e. The molecule has 2 aliphatic rings. The maximum absolute atomic E-state index is 7.73. The fourth-order valence-corrected chi connectivity index (χ4v) is 2.02. The summed E-state index contributed by atoms with van der Waals surface area (Å²) >= 11 is 0. The van der Waals surface area contributed by atoms with Crippen LogP contribution in [0.2, 0.25) is 0 Å². The molecule has 13 heavy (non-hydrogen) atoms. The highest BCUT2D eigenvalue weighted by Gasteiger charge is 2.31. The van der Waals surface area contributed by atoms with Gasteiger partial charge in [-0.2, -0.15) is 0 Å². The molecular formula is C10H19N3. The number of rotatable bonds is 2. The fraction of sp³-hybridized carbons (Fsp3) is 0.900. The lowest BCUT2D eigenvalue weighted by atomic mass is 10.3. The summed E-state index contributed by atoms with van der Waals surface area (Å²) in [4.78, 5) is 4.80. The molecule has 1 N–H and O–H groups in total. The van der Waals surface area contributed by atoms with E-state index in [9.17, 15) is 0 Å². The molecule has 0 unspecified atom stereocenters. The Bertz CT molecular complexity index is 190. The predicted molar refractivity (Wildman–Crippen MR) is 54.2 cm³/mol. The zero-order valence-electron chi connectivity index (χ0n) is 8.42. The van der Waals surface area contributed by atoms with Crippen LogP contribution in [0.25, 0.3) is 0 Å². The van der Waals surface area contributed by atoms with Gasteiger partial charge < -0.3 is 4.90 Å². The van der Waals surface area contributed by atoms with Crippen molar-refractivity contribution in [1.82, 2.24) is 9.80 Å². The van der Waals surface area contributed by atoms with E-state index in [1.807, 2.05) is 0 Å². The van der Waals surface area contributed by atoms with Crippen molar-refractivity contribution in [2.24, 2.45) is 0 Å². The summed E-state index contributed by atoms with van der Waals surface area (Å²) in [6.45, 7) is 6.56. The summed E-state index contributed by atoms with van der Waals surface area (Å²) in [5, 5.41) is 7.73. The summed E-state index contributed by atoms with van der Waals surface area (Å²) < 4.78 is 0. The van der Waals surface area contributed by atoms with Gasteiger partial charge in [0.15, 0.2) is 0 Å². The van der Waals surface area contributed by atoms with Crippen molar-refractivity contribution < 1.29 is 0 Å². The van der Waals surface area contributed by atoms with Crippen LogP contribution in [0.3, 0.4) is 0 Å². The Hall–Kier alpha value is -0.570. The van der Waals surface area contributed by atoms with Crippen molar-refractivity contribution in [3.8, 4) is 0 Å². The molecular weight excluding hydrogens is 162 g/mol. The van der Waals surface area contributed by atoms with Gasteiger partial charge in [0.1, 0.15) is 0 Å². The van der Waals surface area contributed by atoms with Crippen molar-refractivity contribution in [2.75, 3.05) is 26.2 Å². The van der Waals surface area contributed by atoms with E-state index in [0.717, 1.165) is 31.4 Å². The minimum Gasteiger partial charge on any atom is -0.358 e. The molecule has 0 aromatic carbocycles. The van der Waals surface area contributed by atoms with Crippen LogP contribution in [0, 0.1) is 5.41 Å². The van der Waals surface area contributed by atoms with Crippen LogP contribution in [0.15, 0.2) is 0 Å². The lowest BCUT2D eigenvalue weighted by Crippen LogP contribution is -2.49. The molecule has 1 heterocycles. The molecule has 0 radical (unpaired) electrons. The minimum absolute atomic E-state index is 0.815. The largest absolute Gasteiger partial charge is 0.358 e. The van der Waals surface area contributed by atoms with Gasteiger partial charge >= 0.3 is 0 Å². The lowest BCUT2D eigenvalue weighted by Gasteiger charge is -2.36. The van der Waals surface area contributed by atoms with Crippen LogP contribution in [0.1, 0.15) is 26.2 Å².